The fourth-order valence-corrected chi connectivity index (χ4v) is 0.736. The molecule has 2 nitrogen and oxygen atoms in total. The summed E-state index contributed by atoms with van der Waals surface area (Å²) in [6.07, 6.45) is 5.24. The third kappa shape index (κ3) is 2.51. The van der Waals surface area contributed by atoms with Crippen molar-refractivity contribution in [1.29, 1.82) is 0 Å². The molecule has 1 aromatic rings. The second-order valence-corrected chi connectivity index (χ2v) is 2.33. The first kappa shape index (κ1) is 7.95. The minimum Gasteiger partial charge on any atom is -0.299 e. The van der Waals surface area contributed by atoms with Crippen molar-refractivity contribution in [3.8, 4) is 0 Å². The summed E-state index contributed by atoms with van der Waals surface area (Å²) in [7, 11) is 0. The lowest BCUT2D eigenvalue weighted by molar-refractivity contribution is -0.104. The van der Waals surface area contributed by atoms with Crippen LogP contribution in [-0.4, -0.2) is 11.3 Å². The van der Waals surface area contributed by atoms with Crippen LogP contribution in [0.1, 0.15) is 5.69 Å². The number of rotatable bonds is 2. The highest BCUT2D eigenvalue weighted by atomic mass is 35.5. The van der Waals surface area contributed by atoms with Crippen LogP contribution in [0.5, 0.6) is 0 Å². The molecule has 1 heterocycles. The van der Waals surface area contributed by atoms with Crippen LogP contribution in [0.4, 0.5) is 0 Å². The maximum Gasteiger partial charge on any atom is 0.142 e. The van der Waals surface area contributed by atoms with Crippen molar-refractivity contribution in [2.45, 2.75) is 0 Å². The van der Waals surface area contributed by atoms with E-state index in [1.165, 1.54) is 12.3 Å². The second kappa shape index (κ2) is 3.88. The number of carbonyl (C=O) groups is 1. The number of carbonyl (C=O) groups excluding carboxylic acids is 1. The van der Waals surface area contributed by atoms with Gasteiger partial charge in [-0.05, 0) is 24.3 Å². The van der Waals surface area contributed by atoms with Crippen LogP contribution in [0.25, 0.3) is 6.08 Å². The van der Waals surface area contributed by atoms with E-state index >= 15 is 0 Å². The van der Waals surface area contributed by atoms with Crippen molar-refractivity contribution in [3.05, 3.63) is 35.1 Å². The molecule has 0 aliphatic heterocycles. The number of nitrogens with zero attached hydrogens (tertiary/aromatic N) is 1. The lowest BCUT2D eigenvalue weighted by Crippen LogP contribution is -1.77. The van der Waals surface area contributed by atoms with E-state index in [9.17, 15) is 4.79 Å². The summed E-state index contributed by atoms with van der Waals surface area (Å²) >= 11 is 5.59. The molecule has 3 heteroatoms. The summed E-state index contributed by atoms with van der Waals surface area (Å²) in [5.41, 5.74) is 0.724. The quantitative estimate of drug-likeness (QED) is 0.498. The fourth-order valence-electron chi connectivity index (χ4n) is 0.624. The van der Waals surface area contributed by atoms with Gasteiger partial charge in [0.1, 0.15) is 6.29 Å². The van der Waals surface area contributed by atoms with E-state index in [0.29, 0.717) is 11.3 Å². The van der Waals surface area contributed by atoms with E-state index in [1.807, 2.05) is 0 Å². The molecule has 0 radical (unpaired) electrons. The summed E-state index contributed by atoms with van der Waals surface area (Å²) < 4.78 is 0. The molecule has 1 rings (SSSR count). The summed E-state index contributed by atoms with van der Waals surface area (Å²) in [6, 6.07) is 3.46. The molecule has 0 aromatic carbocycles. The van der Waals surface area contributed by atoms with Gasteiger partial charge in [0.2, 0.25) is 0 Å². The Labute approximate surface area is 69.5 Å². The van der Waals surface area contributed by atoms with Crippen LogP contribution in [-0.2, 0) is 4.79 Å². The number of hydrogen-bond donors (Lipinski definition) is 0. The van der Waals surface area contributed by atoms with Crippen LogP contribution in [0, 0.1) is 0 Å². The zero-order valence-electron chi connectivity index (χ0n) is 5.70. The van der Waals surface area contributed by atoms with Gasteiger partial charge in [0.15, 0.2) is 0 Å². The van der Waals surface area contributed by atoms with Crippen molar-refractivity contribution >= 4 is 24.0 Å². The summed E-state index contributed by atoms with van der Waals surface area (Å²) in [6.45, 7) is 0. The average molecular weight is 168 g/mol. The van der Waals surface area contributed by atoms with E-state index in [0.717, 1.165) is 5.69 Å². The van der Waals surface area contributed by atoms with Gasteiger partial charge in [0.25, 0.3) is 0 Å². The van der Waals surface area contributed by atoms with Gasteiger partial charge in [-0.2, -0.15) is 0 Å². The van der Waals surface area contributed by atoms with Crippen LogP contribution in [0.3, 0.4) is 0 Å². The molecule has 0 N–H and O–H groups in total. The van der Waals surface area contributed by atoms with Crippen molar-refractivity contribution in [2.75, 3.05) is 0 Å². The van der Waals surface area contributed by atoms with Gasteiger partial charge in [-0.3, -0.25) is 9.78 Å². The average Bonchev–Trinajstić information content (AvgIpc) is 2.04. The Balaban J connectivity index is 2.81. The van der Waals surface area contributed by atoms with E-state index in [1.54, 1.807) is 18.2 Å². The highest BCUT2D eigenvalue weighted by molar-refractivity contribution is 6.30. The molecule has 0 fully saturated rings. The Morgan fingerprint density at radius 1 is 1.45 bits per heavy atom. The van der Waals surface area contributed by atoms with Crippen LogP contribution in [0.2, 0.25) is 5.02 Å². The van der Waals surface area contributed by atoms with E-state index in [4.69, 9.17) is 11.6 Å². The van der Waals surface area contributed by atoms with Crippen LogP contribution < -0.4 is 0 Å². The normalized spacial score (nSPS) is 10.3. The van der Waals surface area contributed by atoms with Crippen molar-refractivity contribution < 1.29 is 4.79 Å². The van der Waals surface area contributed by atoms with Gasteiger partial charge in [-0.1, -0.05) is 11.6 Å². The Kier molecular flexibility index (Phi) is 2.81. The van der Waals surface area contributed by atoms with Crippen molar-refractivity contribution in [1.82, 2.24) is 4.98 Å². The zero-order chi connectivity index (χ0) is 8.10. The standard InChI is InChI=1S/C8H6ClNO/c9-7-3-4-8(10-6-7)2-1-5-11/h1-6H/b2-1+. The number of hydrogen-bond acceptors (Lipinski definition) is 2. The SMILES string of the molecule is O=C/C=C/c1ccc(Cl)cn1. The maximum absolute atomic E-state index is 9.90. The Hall–Kier alpha value is -1.15. The predicted molar refractivity (Wildman–Crippen MR) is 44.3 cm³/mol. The lowest BCUT2D eigenvalue weighted by Gasteiger charge is -1.89. The minimum absolute atomic E-state index is 0.591. The van der Waals surface area contributed by atoms with E-state index in [-0.39, 0.29) is 0 Å². The molecule has 0 spiro atoms. The number of aldehydes is 1. The first-order chi connectivity index (χ1) is 5.33. The molecule has 0 aliphatic rings. The third-order valence-electron chi connectivity index (χ3n) is 1.10. The van der Waals surface area contributed by atoms with Gasteiger partial charge < -0.3 is 0 Å². The summed E-state index contributed by atoms with van der Waals surface area (Å²) in [5.74, 6) is 0. The summed E-state index contributed by atoms with van der Waals surface area (Å²) in [5, 5.41) is 0.591. The first-order valence-corrected chi connectivity index (χ1v) is 3.44. The molecule has 0 amide bonds. The number of pyridine rings is 1. The first-order valence-electron chi connectivity index (χ1n) is 3.06. The second-order valence-electron chi connectivity index (χ2n) is 1.90. The third-order valence-corrected chi connectivity index (χ3v) is 1.32. The van der Waals surface area contributed by atoms with Gasteiger partial charge >= 0.3 is 0 Å². The molecule has 0 saturated carbocycles. The summed E-state index contributed by atoms with van der Waals surface area (Å²) in [4.78, 5) is 13.8. The van der Waals surface area contributed by atoms with Gasteiger partial charge in [-0.15, -0.1) is 0 Å². The van der Waals surface area contributed by atoms with Crippen molar-refractivity contribution in [3.63, 3.8) is 0 Å². The minimum atomic E-state index is 0.591. The van der Waals surface area contributed by atoms with E-state index in [2.05, 4.69) is 4.98 Å². The maximum atomic E-state index is 9.90. The molecule has 11 heavy (non-hydrogen) atoms. The molecular formula is C8H6ClNO. The van der Waals surface area contributed by atoms with Crippen molar-refractivity contribution in [2.24, 2.45) is 0 Å². The molecule has 0 atom stereocenters. The zero-order valence-corrected chi connectivity index (χ0v) is 6.45. The van der Waals surface area contributed by atoms with Crippen LogP contribution >= 0.6 is 11.6 Å². The number of halogens is 1. The monoisotopic (exact) mass is 167 g/mol. The molecular weight excluding hydrogens is 162 g/mol. The fraction of sp³-hybridized carbons (Fsp3) is 0. The molecule has 0 bridgehead atoms. The lowest BCUT2D eigenvalue weighted by atomic mass is 10.3. The molecule has 56 valence electrons. The Morgan fingerprint density at radius 2 is 2.27 bits per heavy atom. The number of allylic oxidation sites excluding steroid dienone is 1. The predicted octanol–water partition coefficient (Wildman–Crippen LogP) is 1.95. The van der Waals surface area contributed by atoms with E-state index < -0.39 is 0 Å². The smallest absolute Gasteiger partial charge is 0.142 e. The molecule has 0 unspecified atom stereocenters. The highest BCUT2D eigenvalue weighted by Crippen LogP contribution is 2.06. The largest absolute Gasteiger partial charge is 0.299 e. The Bertz CT molecular complexity index is 266. The highest BCUT2D eigenvalue weighted by Gasteiger charge is 1.87. The van der Waals surface area contributed by atoms with Crippen LogP contribution in [0.15, 0.2) is 24.4 Å². The molecule has 0 saturated heterocycles. The Morgan fingerprint density at radius 3 is 2.82 bits per heavy atom. The van der Waals surface area contributed by atoms with Gasteiger partial charge in [0, 0.05) is 6.20 Å². The van der Waals surface area contributed by atoms with Gasteiger partial charge in [-0.25, -0.2) is 0 Å². The number of aromatic nitrogens is 1. The van der Waals surface area contributed by atoms with Gasteiger partial charge in [0.05, 0.1) is 10.7 Å². The molecule has 1 aromatic heterocycles. The topological polar surface area (TPSA) is 30.0 Å². The molecule has 0 aliphatic carbocycles.